The molecule has 0 aromatic heterocycles. The first-order chi connectivity index (χ1) is 11.0. The second-order valence-corrected chi connectivity index (χ2v) is 5.61. The lowest BCUT2D eigenvalue weighted by molar-refractivity contribution is -0.115. The van der Waals surface area contributed by atoms with Gasteiger partial charge in [-0.2, -0.15) is 0 Å². The third kappa shape index (κ3) is 4.68. The van der Waals surface area contributed by atoms with E-state index < -0.39 is 0 Å². The molecule has 120 valence electrons. The molecular formula is C19H22N2O2. The largest absolute Gasteiger partial charge is 0.385 e. The number of carbonyl (C=O) groups excluding carboxylic acids is 2. The quantitative estimate of drug-likeness (QED) is 0.794. The van der Waals surface area contributed by atoms with E-state index in [2.05, 4.69) is 10.6 Å². The molecule has 0 aliphatic carbocycles. The summed E-state index contributed by atoms with van der Waals surface area (Å²) in [5.74, 6) is 0.0241. The fourth-order valence-corrected chi connectivity index (χ4v) is 2.24. The van der Waals surface area contributed by atoms with Crippen LogP contribution in [0.5, 0.6) is 0 Å². The molecular weight excluding hydrogens is 288 g/mol. The Kier molecular flexibility index (Phi) is 5.52. The summed E-state index contributed by atoms with van der Waals surface area (Å²) in [7, 11) is 0. The standard InChI is InChI=1S/C19H22N2O2/c1-13-5-4-6-18(14(13)2)21-19(23)11-12-20-17-9-7-16(8-10-17)15(3)22/h4-10,20H,11-12H2,1-3H3,(H,21,23). The van der Waals surface area contributed by atoms with Gasteiger partial charge in [-0.15, -0.1) is 0 Å². The molecule has 2 rings (SSSR count). The highest BCUT2D eigenvalue weighted by atomic mass is 16.1. The van der Waals surface area contributed by atoms with Gasteiger partial charge >= 0.3 is 0 Å². The van der Waals surface area contributed by atoms with Gasteiger partial charge in [0, 0.05) is 29.9 Å². The van der Waals surface area contributed by atoms with Gasteiger partial charge in [-0.3, -0.25) is 9.59 Å². The lowest BCUT2D eigenvalue weighted by Gasteiger charge is -2.11. The molecule has 1 amide bonds. The molecule has 2 aromatic carbocycles. The molecule has 0 unspecified atom stereocenters. The van der Waals surface area contributed by atoms with E-state index in [1.165, 1.54) is 0 Å². The Balaban J connectivity index is 1.83. The maximum atomic E-state index is 12.0. The van der Waals surface area contributed by atoms with Crippen LogP contribution in [0, 0.1) is 13.8 Å². The van der Waals surface area contributed by atoms with Crippen LogP contribution in [0.4, 0.5) is 11.4 Å². The zero-order valence-corrected chi connectivity index (χ0v) is 13.8. The molecule has 0 heterocycles. The van der Waals surface area contributed by atoms with Crippen LogP contribution in [0.3, 0.4) is 0 Å². The van der Waals surface area contributed by atoms with E-state index in [1.807, 2.05) is 44.2 Å². The van der Waals surface area contributed by atoms with Crippen LogP contribution in [0.1, 0.15) is 34.8 Å². The summed E-state index contributed by atoms with van der Waals surface area (Å²) in [5.41, 5.74) is 4.69. The van der Waals surface area contributed by atoms with E-state index in [4.69, 9.17) is 0 Å². The number of hydrogen-bond donors (Lipinski definition) is 2. The molecule has 4 nitrogen and oxygen atoms in total. The summed E-state index contributed by atoms with van der Waals surface area (Å²) in [4.78, 5) is 23.2. The van der Waals surface area contributed by atoms with Crippen molar-refractivity contribution in [1.82, 2.24) is 0 Å². The van der Waals surface area contributed by atoms with Gasteiger partial charge in [0.05, 0.1) is 0 Å². The van der Waals surface area contributed by atoms with Crippen molar-refractivity contribution < 1.29 is 9.59 Å². The van der Waals surface area contributed by atoms with Gasteiger partial charge in [0.1, 0.15) is 0 Å². The maximum absolute atomic E-state index is 12.0. The Morgan fingerprint density at radius 3 is 2.35 bits per heavy atom. The zero-order valence-electron chi connectivity index (χ0n) is 13.8. The minimum absolute atomic E-state index is 0.0217. The first kappa shape index (κ1) is 16.7. The van der Waals surface area contributed by atoms with E-state index in [1.54, 1.807) is 19.1 Å². The predicted molar refractivity (Wildman–Crippen MR) is 94.1 cm³/mol. The minimum atomic E-state index is -0.0217. The average Bonchev–Trinajstić information content (AvgIpc) is 2.52. The monoisotopic (exact) mass is 310 g/mol. The lowest BCUT2D eigenvalue weighted by Crippen LogP contribution is -2.17. The molecule has 2 aromatic rings. The topological polar surface area (TPSA) is 58.2 Å². The summed E-state index contributed by atoms with van der Waals surface area (Å²) in [6, 6.07) is 13.1. The van der Waals surface area contributed by atoms with Crippen LogP contribution < -0.4 is 10.6 Å². The van der Waals surface area contributed by atoms with Gasteiger partial charge in [0.2, 0.25) is 5.91 Å². The second kappa shape index (κ2) is 7.58. The number of hydrogen-bond acceptors (Lipinski definition) is 3. The van der Waals surface area contributed by atoms with Crippen molar-refractivity contribution in [2.75, 3.05) is 17.2 Å². The van der Waals surface area contributed by atoms with Crippen LogP contribution in [0.2, 0.25) is 0 Å². The Bertz CT molecular complexity index is 706. The molecule has 0 saturated heterocycles. The Morgan fingerprint density at radius 1 is 1.00 bits per heavy atom. The number of ketones is 1. The first-order valence-corrected chi connectivity index (χ1v) is 7.68. The summed E-state index contributed by atoms with van der Waals surface area (Å²) < 4.78 is 0. The molecule has 0 spiro atoms. The van der Waals surface area contributed by atoms with Gasteiger partial charge < -0.3 is 10.6 Å². The van der Waals surface area contributed by atoms with Gasteiger partial charge in [-0.25, -0.2) is 0 Å². The highest BCUT2D eigenvalue weighted by Crippen LogP contribution is 2.18. The van der Waals surface area contributed by atoms with E-state index in [9.17, 15) is 9.59 Å². The molecule has 0 aliphatic rings. The Hall–Kier alpha value is -2.62. The molecule has 0 atom stereocenters. The average molecular weight is 310 g/mol. The van der Waals surface area contributed by atoms with Gasteiger partial charge in [-0.05, 0) is 62.2 Å². The third-order valence-corrected chi connectivity index (χ3v) is 3.85. The SMILES string of the molecule is CC(=O)c1ccc(NCCC(=O)Nc2cccc(C)c2C)cc1. The van der Waals surface area contributed by atoms with Crippen molar-refractivity contribution in [2.45, 2.75) is 27.2 Å². The smallest absolute Gasteiger partial charge is 0.226 e. The first-order valence-electron chi connectivity index (χ1n) is 7.68. The molecule has 0 bridgehead atoms. The highest BCUT2D eigenvalue weighted by molar-refractivity contribution is 5.94. The van der Waals surface area contributed by atoms with Crippen molar-refractivity contribution in [2.24, 2.45) is 0 Å². The molecule has 0 saturated carbocycles. The summed E-state index contributed by atoms with van der Waals surface area (Å²) >= 11 is 0. The third-order valence-electron chi connectivity index (χ3n) is 3.85. The van der Waals surface area contributed by atoms with Crippen molar-refractivity contribution in [3.05, 3.63) is 59.2 Å². The molecule has 23 heavy (non-hydrogen) atoms. The lowest BCUT2D eigenvalue weighted by atomic mass is 10.1. The van der Waals surface area contributed by atoms with Crippen molar-refractivity contribution in [1.29, 1.82) is 0 Å². The second-order valence-electron chi connectivity index (χ2n) is 5.61. The van der Waals surface area contributed by atoms with Crippen LogP contribution in [0.15, 0.2) is 42.5 Å². The Morgan fingerprint density at radius 2 is 1.70 bits per heavy atom. The van der Waals surface area contributed by atoms with E-state index in [0.717, 1.165) is 22.5 Å². The fourth-order valence-electron chi connectivity index (χ4n) is 2.24. The number of amides is 1. The normalized spacial score (nSPS) is 10.2. The molecule has 0 fully saturated rings. The van der Waals surface area contributed by atoms with Crippen molar-refractivity contribution >= 4 is 23.1 Å². The molecule has 2 N–H and O–H groups in total. The zero-order chi connectivity index (χ0) is 16.8. The van der Waals surface area contributed by atoms with Gasteiger partial charge in [0.15, 0.2) is 5.78 Å². The van der Waals surface area contributed by atoms with E-state index in [0.29, 0.717) is 18.5 Å². The number of benzene rings is 2. The van der Waals surface area contributed by atoms with Crippen LogP contribution in [-0.2, 0) is 4.79 Å². The van der Waals surface area contributed by atoms with Gasteiger partial charge in [0.25, 0.3) is 0 Å². The molecule has 0 radical (unpaired) electrons. The van der Waals surface area contributed by atoms with Crippen LogP contribution >= 0.6 is 0 Å². The predicted octanol–water partition coefficient (Wildman–Crippen LogP) is 3.95. The number of Topliss-reactive ketones (excluding diaryl/α,β-unsaturated/α-hetero) is 1. The van der Waals surface area contributed by atoms with E-state index in [-0.39, 0.29) is 11.7 Å². The Labute approximate surface area is 136 Å². The minimum Gasteiger partial charge on any atom is -0.385 e. The summed E-state index contributed by atoms with van der Waals surface area (Å²) in [5, 5.41) is 6.12. The number of anilines is 2. The number of aryl methyl sites for hydroxylation is 1. The number of nitrogens with one attached hydrogen (secondary N) is 2. The number of rotatable bonds is 6. The summed E-state index contributed by atoms with van der Waals surface area (Å²) in [6.45, 7) is 6.10. The van der Waals surface area contributed by atoms with Crippen molar-refractivity contribution in [3.8, 4) is 0 Å². The van der Waals surface area contributed by atoms with Crippen LogP contribution in [-0.4, -0.2) is 18.2 Å². The van der Waals surface area contributed by atoms with E-state index >= 15 is 0 Å². The maximum Gasteiger partial charge on any atom is 0.226 e. The number of carbonyl (C=O) groups is 2. The fraction of sp³-hybridized carbons (Fsp3) is 0.263. The molecule has 0 aliphatic heterocycles. The molecule has 4 heteroatoms. The van der Waals surface area contributed by atoms with Crippen molar-refractivity contribution in [3.63, 3.8) is 0 Å². The van der Waals surface area contributed by atoms with Crippen LogP contribution in [0.25, 0.3) is 0 Å². The highest BCUT2D eigenvalue weighted by Gasteiger charge is 2.06. The van der Waals surface area contributed by atoms with Gasteiger partial charge in [-0.1, -0.05) is 12.1 Å². The summed E-state index contributed by atoms with van der Waals surface area (Å²) in [6.07, 6.45) is 0.377.